The number of hydrogen-bond donors (Lipinski definition) is 1. The molecule has 16 heavy (non-hydrogen) atoms. The molecule has 0 aliphatic rings. The number of aliphatic hydroxyl groups is 1. The molecular weight excluding hydrogens is 206 g/mol. The Labute approximate surface area is 98.2 Å². The van der Waals surface area contributed by atoms with E-state index in [0.29, 0.717) is 6.42 Å². The average Bonchev–Trinajstić information content (AvgIpc) is 2.27. The standard InChI is InChI=1S/C12H25NO3/c1-3-4-5-6-7-8-9-10-12(2,11-14)13(15)16/h14H,3-11H2,1-2H3. The molecule has 0 radical (unpaired) electrons. The van der Waals surface area contributed by atoms with Crippen LogP contribution in [0.15, 0.2) is 0 Å². The minimum absolute atomic E-state index is 0.357. The summed E-state index contributed by atoms with van der Waals surface area (Å²) in [5.74, 6) is 0. The predicted octanol–water partition coefficient (Wildman–Crippen LogP) is 3.15. The lowest BCUT2D eigenvalue weighted by Gasteiger charge is -2.17. The minimum Gasteiger partial charge on any atom is -0.389 e. The first-order valence-electron chi connectivity index (χ1n) is 6.32. The normalized spacial score (nSPS) is 14.7. The van der Waals surface area contributed by atoms with Gasteiger partial charge in [-0.15, -0.1) is 0 Å². The first kappa shape index (κ1) is 15.4. The van der Waals surface area contributed by atoms with Crippen molar-refractivity contribution in [2.24, 2.45) is 0 Å². The van der Waals surface area contributed by atoms with E-state index in [1.54, 1.807) is 0 Å². The van der Waals surface area contributed by atoms with Crippen LogP contribution in [-0.2, 0) is 0 Å². The Hall–Kier alpha value is -0.640. The lowest BCUT2D eigenvalue weighted by molar-refractivity contribution is -0.570. The van der Waals surface area contributed by atoms with Crippen molar-refractivity contribution in [3.8, 4) is 0 Å². The molecule has 1 N–H and O–H groups in total. The molecule has 0 aliphatic heterocycles. The van der Waals surface area contributed by atoms with Gasteiger partial charge in [0, 0.05) is 18.3 Å². The van der Waals surface area contributed by atoms with E-state index in [2.05, 4.69) is 6.92 Å². The van der Waals surface area contributed by atoms with Crippen molar-refractivity contribution in [1.29, 1.82) is 0 Å². The zero-order valence-electron chi connectivity index (χ0n) is 10.6. The van der Waals surface area contributed by atoms with E-state index in [0.717, 1.165) is 19.3 Å². The summed E-state index contributed by atoms with van der Waals surface area (Å²) in [6.07, 6.45) is 8.51. The van der Waals surface area contributed by atoms with Crippen LogP contribution in [0.1, 0.15) is 65.2 Å². The third kappa shape index (κ3) is 6.05. The first-order chi connectivity index (χ1) is 7.56. The molecule has 0 saturated carbocycles. The van der Waals surface area contributed by atoms with Gasteiger partial charge in [0.05, 0.1) is 0 Å². The van der Waals surface area contributed by atoms with Crippen molar-refractivity contribution >= 4 is 0 Å². The monoisotopic (exact) mass is 231 g/mol. The SMILES string of the molecule is CCCCCCCCCC(C)(CO)[N+](=O)[O-]. The molecule has 0 aromatic carbocycles. The second-order valence-corrected chi connectivity index (χ2v) is 4.78. The lowest BCUT2D eigenvalue weighted by atomic mass is 9.95. The van der Waals surface area contributed by atoms with Crippen LogP contribution in [0.4, 0.5) is 0 Å². The van der Waals surface area contributed by atoms with Gasteiger partial charge in [-0.05, 0) is 6.42 Å². The van der Waals surface area contributed by atoms with Crippen LogP contribution in [0, 0.1) is 10.1 Å². The van der Waals surface area contributed by atoms with Gasteiger partial charge < -0.3 is 5.11 Å². The number of unbranched alkanes of at least 4 members (excludes halogenated alkanes) is 6. The van der Waals surface area contributed by atoms with Crippen molar-refractivity contribution < 1.29 is 10.0 Å². The summed E-state index contributed by atoms with van der Waals surface area (Å²) in [5.41, 5.74) is -1.14. The Kier molecular flexibility index (Phi) is 8.16. The maximum Gasteiger partial charge on any atom is 0.242 e. The zero-order chi connectivity index (χ0) is 12.4. The van der Waals surface area contributed by atoms with E-state index in [1.165, 1.54) is 32.6 Å². The molecule has 0 aliphatic carbocycles. The molecule has 0 amide bonds. The molecule has 0 fully saturated rings. The third-order valence-electron chi connectivity index (χ3n) is 3.10. The molecule has 0 saturated heterocycles. The van der Waals surface area contributed by atoms with Gasteiger partial charge in [0.1, 0.15) is 6.61 Å². The Balaban J connectivity index is 3.53. The van der Waals surface area contributed by atoms with E-state index >= 15 is 0 Å². The zero-order valence-corrected chi connectivity index (χ0v) is 10.6. The fourth-order valence-corrected chi connectivity index (χ4v) is 1.69. The van der Waals surface area contributed by atoms with Crippen molar-refractivity contribution in [3.63, 3.8) is 0 Å². The summed E-state index contributed by atoms with van der Waals surface area (Å²) < 4.78 is 0. The van der Waals surface area contributed by atoms with Gasteiger partial charge in [-0.25, -0.2) is 0 Å². The number of rotatable bonds is 10. The Morgan fingerprint density at radius 2 is 1.62 bits per heavy atom. The summed E-state index contributed by atoms with van der Waals surface area (Å²) in [7, 11) is 0. The minimum atomic E-state index is -1.14. The molecule has 0 bridgehead atoms. The van der Waals surface area contributed by atoms with Crippen LogP contribution in [0.25, 0.3) is 0 Å². The maximum atomic E-state index is 10.7. The van der Waals surface area contributed by atoms with Crippen LogP contribution < -0.4 is 0 Å². The van der Waals surface area contributed by atoms with Crippen LogP contribution in [0.5, 0.6) is 0 Å². The number of nitro groups is 1. The second-order valence-electron chi connectivity index (χ2n) is 4.78. The molecule has 0 aromatic rings. The van der Waals surface area contributed by atoms with Crippen LogP contribution >= 0.6 is 0 Å². The molecule has 4 nitrogen and oxygen atoms in total. The summed E-state index contributed by atoms with van der Waals surface area (Å²) in [6.45, 7) is 3.34. The summed E-state index contributed by atoms with van der Waals surface area (Å²) in [5, 5.41) is 19.7. The summed E-state index contributed by atoms with van der Waals surface area (Å²) in [4.78, 5) is 10.3. The van der Waals surface area contributed by atoms with Crippen molar-refractivity contribution in [2.45, 2.75) is 70.8 Å². The van der Waals surface area contributed by atoms with E-state index in [-0.39, 0.29) is 11.5 Å². The molecule has 0 rings (SSSR count). The van der Waals surface area contributed by atoms with Crippen LogP contribution in [0.3, 0.4) is 0 Å². The average molecular weight is 231 g/mol. The third-order valence-corrected chi connectivity index (χ3v) is 3.10. The highest BCUT2D eigenvalue weighted by Crippen LogP contribution is 2.18. The van der Waals surface area contributed by atoms with E-state index in [4.69, 9.17) is 5.11 Å². The van der Waals surface area contributed by atoms with Crippen molar-refractivity contribution in [1.82, 2.24) is 0 Å². The number of hydrogen-bond acceptors (Lipinski definition) is 3. The van der Waals surface area contributed by atoms with E-state index < -0.39 is 5.54 Å². The van der Waals surface area contributed by atoms with Gasteiger partial charge in [0.2, 0.25) is 5.54 Å². The predicted molar refractivity (Wildman–Crippen MR) is 65.1 cm³/mol. The lowest BCUT2D eigenvalue weighted by Crippen LogP contribution is -2.38. The molecular formula is C12H25NO3. The van der Waals surface area contributed by atoms with Gasteiger partial charge in [0.15, 0.2) is 0 Å². The Morgan fingerprint density at radius 3 is 2.06 bits per heavy atom. The topological polar surface area (TPSA) is 63.4 Å². The molecule has 0 aromatic heterocycles. The first-order valence-corrected chi connectivity index (χ1v) is 6.32. The Bertz CT molecular complexity index is 197. The second kappa shape index (κ2) is 8.50. The molecule has 1 atom stereocenters. The molecule has 4 heteroatoms. The Morgan fingerprint density at radius 1 is 1.12 bits per heavy atom. The summed E-state index contributed by atoms with van der Waals surface area (Å²) >= 11 is 0. The number of nitrogens with zero attached hydrogens (tertiary/aromatic N) is 1. The highest BCUT2D eigenvalue weighted by atomic mass is 16.6. The highest BCUT2D eigenvalue weighted by Gasteiger charge is 2.35. The molecule has 0 spiro atoms. The van der Waals surface area contributed by atoms with Crippen molar-refractivity contribution in [3.05, 3.63) is 10.1 Å². The maximum absolute atomic E-state index is 10.7. The highest BCUT2D eigenvalue weighted by molar-refractivity contribution is 4.72. The number of aliphatic hydroxyl groups excluding tert-OH is 1. The van der Waals surface area contributed by atoms with E-state index in [1.807, 2.05) is 0 Å². The molecule has 1 unspecified atom stereocenters. The fourth-order valence-electron chi connectivity index (χ4n) is 1.69. The van der Waals surface area contributed by atoms with Crippen LogP contribution in [-0.4, -0.2) is 22.2 Å². The van der Waals surface area contributed by atoms with Gasteiger partial charge in [-0.3, -0.25) is 10.1 Å². The van der Waals surface area contributed by atoms with E-state index in [9.17, 15) is 10.1 Å². The van der Waals surface area contributed by atoms with Gasteiger partial charge in [-0.1, -0.05) is 45.4 Å². The van der Waals surface area contributed by atoms with Crippen molar-refractivity contribution in [2.75, 3.05) is 6.61 Å². The molecule has 96 valence electrons. The smallest absolute Gasteiger partial charge is 0.242 e. The fraction of sp³-hybridized carbons (Fsp3) is 1.00. The largest absolute Gasteiger partial charge is 0.389 e. The van der Waals surface area contributed by atoms with Gasteiger partial charge in [-0.2, -0.15) is 0 Å². The van der Waals surface area contributed by atoms with Gasteiger partial charge in [0.25, 0.3) is 0 Å². The molecule has 0 heterocycles. The quantitative estimate of drug-likeness (QED) is 0.357. The van der Waals surface area contributed by atoms with Gasteiger partial charge >= 0.3 is 0 Å². The summed E-state index contributed by atoms with van der Waals surface area (Å²) in [6, 6.07) is 0. The van der Waals surface area contributed by atoms with Crippen LogP contribution in [0.2, 0.25) is 0 Å².